The standard InChI is InChI=1S/C13H15NO3/c1-9(2)11(8-15)12(13(16)17)14-10-6-4-3-5-7-10/h3-7,9,12,14H,1-2H3,(H,16,17)/t12-/m0/s1. The Morgan fingerprint density at radius 1 is 1.29 bits per heavy atom. The summed E-state index contributed by atoms with van der Waals surface area (Å²) in [6, 6.07) is 7.88. The van der Waals surface area contributed by atoms with Gasteiger partial charge in [0.05, 0.1) is 0 Å². The van der Waals surface area contributed by atoms with Gasteiger partial charge in [-0.2, -0.15) is 0 Å². The fraction of sp³-hybridized carbons (Fsp3) is 0.308. The molecule has 0 bridgehead atoms. The second kappa shape index (κ2) is 5.87. The number of benzene rings is 1. The number of hydrogen-bond donors (Lipinski definition) is 2. The zero-order valence-electron chi connectivity index (χ0n) is 9.81. The van der Waals surface area contributed by atoms with E-state index in [4.69, 9.17) is 5.11 Å². The first-order valence-electron chi connectivity index (χ1n) is 5.35. The first-order valence-corrected chi connectivity index (χ1v) is 5.35. The summed E-state index contributed by atoms with van der Waals surface area (Å²) in [6.07, 6.45) is 0. The SMILES string of the molecule is CC(C)C(=C=O)[C@H](Nc1ccccc1)C(=O)O. The van der Waals surface area contributed by atoms with E-state index in [9.17, 15) is 9.59 Å². The predicted molar refractivity (Wildman–Crippen MR) is 65.5 cm³/mol. The molecule has 0 amide bonds. The average Bonchev–Trinajstić information content (AvgIpc) is 2.29. The highest BCUT2D eigenvalue weighted by Crippen LogP contribution is 2.16. The molecule has 0 fully saturated rings. The van der Waals surface area contributed by atoms with Crippen molar-refractivity contribution in [2.75, 3.05) is 5.32 Å². The van der Waals surface area contributed by atoms with Gasteiger partial charge in [0, 0.05) is 11.3 Å². The Bertz CT molecular complexity index is 433. The monoisotopic (exact) mass is 233 g/mol. The van der Waals surface area contributed by atoms with Crippen molar-refractivity contribution < 1.29 is 14.7 Å². The van der Waals surface area contributed by atoms with Crippen LogP contribution in [0.25, 0.3) is 0 Å². The zero-order chi connectivity index (χ0) is 12.8. The van der Waals surface area contributed by atoms with E-state index < -0.39 is 12.0 Å². The molecule has 0 aliphatic carbocycles. The van der Waals surface area contributed by atoms with E-state index in [0.29, 0.717) is 5.69 Å². The van der Waals surface area contributed by atoms with Crippen LogP contribution in [0.15, 0.2) is 35.9 Å². The number of hydrogen-bond acceptors (Lipinski definition) is 3. The third-order valence-corrected chi connectivity index (χ3v) is 2.38. The summed E-state index contributed by atoms with van der Waals surface area (Å²) >= 11 is 0. The molecule has 2 N–H and O–H groups in total. The van der Waals surface area contributed by atoms with E-state index >= 15 is 0 Å². The molecule has 0 aliphatic rings. The molecule has 0 aliphatic heterocycles. The van der Waals surface area contributed by atoms with E-state index in [0.717, 1.165) is 0 Å². The molecule has 0 aromatic heterocycles. The molecule has 0 radical (unpaired) electrons. The van der Waals surface area contributed by atoms with Crippen molar-refractivity contribution in [1.29, 1.82) is 0 Å². The van der Waals surface area contributed by atoms with Crippen molar-refractivity contribution in [3.05, 3.63) is 35.9 Å². The fourth-order valence-electron chi connectivity index (χ4n) is 1.48. The van der Waals surface area contributed by atoms with Gasteiger partial charge in [0.25, 0.3) is 0 Å². The van der Waals surface area contributed by atoms with Crippen molar-refractivity contribution in [2.45, 2.75) is 19.9 Å². The lowest BCUT2D eigenvalue weighted by atomic mass is 9.97. The number of aliphatic carboxylic acids is 1. The van der Waals surface area contributed by atoms with Crippen LogP contribution in [0.5, 0.6) is 0 Å². The number of carboxylic acids is 1. The van der Waals surface area contributed by atoms with Gasteiger partial charge in [-0.05, 0) is 18.1 Å². The lowest BCUT2D eigenvalue weighted by Gasteiger charge is -2.18. The van der Waals surface area contributed by atoms with Crippen LogP contribution < -0.4 is 5.32 Å². The summed E-state index contributed by atoms with van der Waals surface area (Å²) in [5, 5.41) is 11.9. The molecule has 0 heterocycles. The minimum absolute atomic E-state index is 0.162. The number of carbonyl (C=O) groups is 1. The van der Waals surface area contributed by atoms with Gasteiger partial charge < -0.3 is 10.4 Å². The van der Waals surface area contributed by atoms with Crippen LogP contribution in [0, 0.1) is 5.92 Å². The number of rotatable bonds is 5. The molecule has 0 unspecified atom stereocenters. The van der Waals surface area contributed by atoms with Crippen molar-refractivity contribution >= 4 is 17.6 Å². The highest BCUT2D eigenvalue weighted by Gasteiger charge is 2.25. The molecule has 1 atom stereocenters. The topological polar surface area (TPSA) is 66.4 Å². The molecule has 17 heavy (non-hydrogen) atoms. The van der Waals surface area contributed by atoms with Crippen molar-refractivity contribution in [3.63, 3.8) is 0 Å². The highest BCUT2D eigenvalue weighted by atomic mass is 16.4. The first-order chi connectivity index (χ1) is 8.06. The molecule has 4 nitrogen and oxygen atoms in total. The zero-order valence-corrected chi connectivity index (χ0v) is 9.81. The van der Waals surface area contributed by atoms with E-state index in [1.165, 1.54) is 0 Å². The number of carboxylic acid groups (broad SMARTS) is 1. The molecule has 1 aromatic carbocycles. The maximum atomic E-state index is 11.1. The van der Waals surface area contributed by atoms with Crippen LogP contribution in [0.2, 0.25) is 0 Å². The summed E-state index contributed by atoms with van der Waals surface area (Å²) in [5.74, 6) is 0.482. The Kier molecular flexibility index (Phi) is 4.49. The first kappa shape index (κ1) is 13.0. The van der Waals surface area contributed by atoms with E-state index in [1.54, 1.807) is 44.1 Å². The molecule has 0 saturated heterocycles. The second-order valence-corrected chi connectivity index (χ2v) is 3.99. The average molecular weight is 233 g/mol. The lowest BCUT2D eigenvalue weighted by molar-refractivity contribution is -0.137. The van der Waals surface area contributed by atoms with Crippen LogP contribution in [-0.4, -0.2) is 23.1 Å². The van der Waals surface area contributed by atoms with Gasteiger partial charge in [0.2, 0.25) is 0 Å². The fourth-order valence-corrected chi connectivity index (χ4v) is 1.48. The van der Waals surface area contributed by atoms with Gasteiger partial charge in [-0.15, -0.1) is 0 Å². The van der Waals surface area contributed by atoms with Gasteiger partial charge in [0.15, 0.2) is 6.04 Å². The molecule has 0 spiro atoms. The number of nitrogens with one attached hydrogen (secondary N) is 1. The largest absolute Gasteiger partial charge is 0.479 e. The third kappa shape index (κ3) is 3.47. The van der Waals surface area contributed by atoms with Crippen LogP contribution >= 0.6 is 0 Å². The van der Waals surface area contributed by atoms with Crippen LogP contribution in [0.3, 0.4) is 0 Å². The second-order valence-electron chi connectivity index (χ2n) is 3.99. The Hall–Kier alpha value is -2.06. The van der Waals surface area contributed by atoms with Crippen molar-refractivity contribution in [2.24, 2.45) is 5.92 Å². The van der Waals surface area contributed by atoms with Crippen molar-refractivity contribution in [3.8, 4) is 0 Å². The Balaban J connectivity index is 2.96. The maximum absolute atomic E-state index is 11.1. The smallest absolute Gasteiger partial charge is 0.331 e. The minimum atomic E-state index is -1.08. The molecule has 4 heteroatoms. The van der Waals surface area contributed by atoms with Gasteiger partial charge in [0.1, 0.15) is 5.94 Å². The molecule has 1 aromatic rings. The van der Waals surface area contributed by atoms with Crippen molar-refractivity contribution in [1.82, 2.24) is 0 Å². The number of carbonyl (C=O) groups excluding carboxylic acids is 1. The van der Waals surface area contributed by atoms with E-state index in [-0.39, 0.29) is 11.5 Å². The molecule has 0 saturated carbocycles. The van der Waals surface area contributed by atoms with Gasteiger partial charge in [-0.3, -0.25) is 0 Å². The lowest BCUT2D eigenvalue weighted by Crippen LogP contribution is -2.33. The summed E-state index contributed by atoms with van der Waals surface area (Å²) in [5.41, 5.74) is 0.870. The summed E-state index contributed by atoms with van der Waals surface area (Å²) < 4.78 is 0. The van der Waals surface area contributed by atoms with E-state index in [2.05, 4.69) is 5.32 Å². The van der Waals surface area contributed by atoms with Gasteiger partial charge >= 0.3 is 5.97 Å². The maximum Gasteiger partial charge on any atom is 0.331 e. The molecular weight excluding hydrogens is 218 g/mol. The van der Waals surface area contributed by atoms with Gasteiger partial charge in [-0.25, -0.2) is 9.59 Å². The van der Waals surface area contributed by atoms with Crippen LogP contribution in [0.4, 0.5) is 5.69 Å². The summed E-state index contributed by atoms with van der Waals surface area (Å²) in [4.78, 5) is 22.0. The molecule has 1 rings (SSSR count). The molecular formula is C13H15NO3. The molecule has 90 valence electrons. The summed E-state index contributed by atoms with van der Waals surface area (Å²) in [6.45, 7) is 3.53. The Labute approximate surface area is 100.0 Å². The predicted octanol–water partition coefficient (Wildman–Crippen LogP) is 1.97. The minimum Gasteiger partial charge on any atom is -0.479 e. The quantitative estimate of drug-likeness (QED) is 0.763. The third-order valence-electron chi connectivity index (χ3n) is 2.38. The summed E-state index contributed by atoms with van der Waals surface area (Å²) in [7, 11) is 0. The van der Waals surface area contributed by atoms with E-state index in [1.807, 2.05) is 6.07 Å². The van der Waals surface area contributed by atoms with Crippen LogP contribution in [0.1, 0.15) is 13.8 Å². The normalized spacial score (nSPS) is 11.7. The Morgan fingerprint density at radius 2 is 1.88 bits per heavy atom. The Morgan fingerprint density at radius 3 is 2.29 bits per heavy atom. The number of para-hydroxylation sites is 1. The highest BCUT2D eigenvalue weighted by molar-refractivity contribution is 5.84. The van der Waals surface area contributed by atoms with Crippen LogP contribution in [-0.2, 0) is 9.59 Å². The van der Waals surface area contributed by atoms with Gasteiger partial charge in [-0.1, -0.05) is 32.0 Å². The number of anilines is 1.